The highest BCUT2D eigenvalue weighted by Crippen LogP contribution is 2.39. The molecule has 0 bridgehead atoms. The van der Waals surface area contributed by atoms with Gasteiger partial charge in [0.05, 0.1) is 36.3 Å². The second-order valence-electron chi connectivity index (χ2n) is 9.38. The molecule has 11 heteroatoms. The van der Waals surface area contributed by atoms with Crippen molar-refractivity contribution in [3.63, 3.8) is 0 Å². The Kier molecular flexibility index (Phi) is 7.61. The molecule has 188 valence electrons. The molecular formula is C24H28F2N2O6Si. The van der Waals surface area contributed by atoms with E-state index in [0.29, 0.717) is 47.7 Å². The Morgan fingerprint density at radius 2 is 1.69 bits per heavy atom. The minimum atomic E-state index is -1.91. The Hall–Kier alpha value is -3.31. The number of benzene rings is 2. The van der Waals surface area contributed by atoms with Crippen molar-refractivity contribution >= 4 is 24.9 Å². The molecule has 3 rings (SSSR count). The highest BCUT2D eigenvalue weighted by atomic mass is 28.4. The number of hydrogen-bond donors (Lipinski definition) is 0. The van der Waals surface area contributed by atoms with Crippen molar-refractivity contribution in [2.45, 2.75) is 38.9 Å². The van der Waals surface area contributed by atoms with Crippen molar-refractivity contribution in [1.29, 1.82) is 0 Å². The van der Waals surface area contributed by atoms with Crippen LogP contribution in [0.5, 0.6) is 23.0 Å². The van der Waals surface area contributed by atoms with Crippen LogP contribution < -0.4 is 14.2 Å². The van der Waals surface area contributed by atoms with Crippen molar-refractivity contribution < 1.29 is 32.3 Å². The van der Waals surface area contributed by atoms with E-state index in [1.54, 1.807) is 12.1 Å². The van der Waals surface area contributed by atoms with Gasteiger partial charge in [0.15, 0.2) is 37.2 Å². The fourth-order valence-corrected chi connectivity index (χ4v) is 4.04. The van der Waals surface area contributed by atoms with Crippen LogP contribution in [0.3, 0.4) is 0 Å². The molecule has 8 nitrogen and oxygen atoms in total. The Bertz CT molecular complexity index is 1220. The van der Waals surface area contributed by atoms with Gasteiger partial charge in [0.2, 0.25) is 0 Å². The summed E-state index contributed by atoms with van der Waals surface area (Å²) in [5.74, 6) is -2.27. The minimum Gasteiger partial charge on any atom is -0.493 e. The van der Waals surface area contributed by atoms with Gasteiger partial charge < -0.3 is 18.6 Å². The number of pyridine rings is 1. The zero-order chi connectivity index (χ0) is 26.0. The van der Waals surface area contributed by atoms with E-state index in [4.69, 9.17) is 18.6 Å². The van der Waals surface area contributed by atoms with E-state index < -0.39 is 36.3 Å². The van der Waals surface area contributed by atoms with Gasteiger partial charge in [-0.2, -0.15) is 0 Å². The smallest absolute Gasteiger partial charge is 0.275 e. The van der Waals surface area contributed by atoms with Gasteiger partial charge in [0.1, 0.15) is 12.4 Å². The third-order valence-electron chi connectivity index (χ3n) is 6.00. The third kappa shape index (κ3) is 5.85. The molecular weight excluding hydrogens is 478 g/mol. The topological polar surface area (TPSA) is 93.0 Å². The minimum absolute atomic E-state index is 0.0799. The van der Waals surface area contributed by atoms with Gasteiger partial charge in [-0.1, -0.05) is 20.8 Å². The first kappa shape index (κ1) is 26.3. The second-order valence-corrected chi connectivity index (χ2v) is 14.2. The summed E-state index contributed by atoms with van der Waals surface area (Å²) < 4.78 is 51.6. The molecule has 0 saturated carbocycles. The zero-order valence-corrected chi connectivity index (χ0v) is 21.5. The van der Waals surface area contributed by atoms with Gasteiger partial charge in [-0.15, -0.1) is 0 Å². The lowest BCUT2D eigenvalue weighted by atomic mass is 10.1. The van der Waals surface area contributed by atoms with Gasteiger partial charge in [-0.25, -0.2) is 8.78 Å². The van der Waals surface area contributed by atoms with Crippen LogP contribution in [0.25, 0.3) is 10.9 Å². The number of non-ortho nitro benzene ring substituents is 1. The van der Waals surface area contributed by atoms with Crippen LogP contribution in [0.4, 0.5) is 14.5 Å². The standard InChI is InChI=1S/C24H28F2N2O6Si/c1-24(2,3)35(5,6)33-10-9-32-22-14-19-16(13-21(22)31-4)20(7-8-27-19)34-23-17(25)11-15(28(29)30)12-18(23)26/h7-8,11-14H,9-10H2,1-6H3. The van der Waals surface area contributed by atoms with E-state index in [0.717, 1.165) is 0 Å². The lowest BCUT2D eigenvalue weighted by molar-refractivity contribution is -0.385. The maximum absolute atomic E-state index is 14.4. The first-order chi connectivity index (χ1) is 16.3. The molecule has 2 aromatic carbocycles. The largest absolute Gasteiger partial charge is 0.493 e. The Labute approximate surface area is 203 Å². The normalized spacial score (nSPS) is 12.0. The second kappa shape index (κ2) is 10.1. The van der Waals surface area contributed by atoms with Gasteiger partial charge in [-0.3, -0.25) is 15.1 Å². The molecule has 0 saturated heterocycles. The predicted octanol–water partition coefficient (Wildman–Crippen LogP) is 6.62. The maximum atomic E-state index is 14.4. The number of nitro benzene ring substituents is 1. The summed E-state index contributed by atoms with van der Waals surface area (Å²) >= 11 is 0. The van der Waals surface area contributed by atoms with Crippen LogP contribution in [-0.4, -0.2) is 38.5 Å². The summed E-state index contributed by atoms with van der Waals surface area (Å²) in [7, 11) is -0.446. The van der Waals surface area contributed by atoms with E-state index >= 15 is 0 Å². The Morgan fingerprint density at radius 1 is 1.03 bits per heavy atom. The number of rotatable bonds is 9. The first-order valence-corrected chi connectivity index (χ1v) is 13.8. The summed E-state index contributed by atoms with van der Waals surface area (Å²) in [5.41, 5.74) is -0.278. The molecule has 0 radical (unpaired) electrons. The molecule has 1 heterocycles. The lowest BCUT2D eigenvalue weighted by Crippen LogP contribution is -2.41. The van der Waals surface area contributed by atoms with Gasteiger partial charge >= 0.3 is 0 Å². The third-order valence-corrected chi connectivity index (χ3v) is 10.5. The molecule has 0 N–H and O–H groups in total. The van der Waals surface area contributed by atoms with Crippen molar-refractivity contribution in [1.82, 2.24) is 4.98 Å². The fraction of sp³-hybridized carbons (Fsp3) is 0.375. The zero-order valence-electron chi connectivity index (χ0n) is 20.5. The summed E-state index contributed by atoms with van der Waals surface area (Å²) in [6.45, 7) is 11.5. The number of nitro groups is 1. The van der Waals surface area contributed by atoms with Crippen LogP contribution >= 0.6 is 0 Å². The Morgan fingerprint density at radius 3 is 2.26 bits per heavy atom. The fourth-order valence-electron chi connectivity index (χ4n) is 3.01. The molecule has 0 fully saturated rings. The number of ether oxygens (including phenoxy) is 3. The van der Waals surface area contributed by atoms with Crippen molar-refractivity contribution in [2.75, 3.05) is 20.3 Å². The van der Waals surface area contributed by atoms with E-state index in [1.807, 2.05) is 0 Å². The van der Waals surface area contributed by atoms with Crippen molar-refractivity contribution in [3.8, 4) is 23.0 Å². The quantitative estimate of drug-likeness (QED) is 0.139. The van der Waals surface area contributed by atoms with Crippen LogP contribution in [0.2, 0.25) is 18.1 Å². The molecule has 1 aromatic heterocycles. The van der Waals surface area contributed by atoms with Gasteiger partial charge in [0, 0.05) is 17.6 Å². The number of hydrogen-bond acceptors (Lipinski definition) is 7. The number of halogens is 2. The van der Waals surface area contributed by atoms with E-state index in [1.165, 1.54) is 19.4 Å². The monoisotopic (exact) mass is 506 g/mol. The molecule has 0 atom stereocenters. The molecule has 0 aliphatic rings. The predicted molar refractivity (Wildman–Crippen MR) is 130 cm³/mol. The summed E-state index contributed by atoms with van der Waals surface area (Å²) in [5, 5.41) is 11.3. The van der Waals surface area contributed by atoms with Crippen LogP contribution in [0.1, 0.15) is 20.8 Å². The summed E-state index contributed by atoms with van der Waals surface area (Å²) in [6, 6.07) is 5.84. The van der Waals surface area contributed by atoms with E-state index in [-0.39, 0.29) is 10.8 Å². The highest BCUT2D eigenvalue weighted by molar-refractivity contribution is 6.74. The molecule has 0 unspecified atom stereocenters. The molecule has 0 amide bonds. The molecule has 3 aromatic rings. The van der Waals surface area contributed by atoms with Crippen molar-refractivity contribution in [2.24, 2.45) is 0 Å². The van der Waals surface area contributed by atoms with Crippen LogP contribution in [0, 0.1) is 21.7 Å². The number of nitrogens with zero attached hydrogens (tertiary/aromatic N) is 2. The molecule has 35 heavy (non-hydrogen) atoms. The summed E-state index contributed by atoms with van der Waals surface area (Å²) in [4.78, 5) is 14.2. The Balaban J connectivity index is 1.85. The van der Waals surface area contributed by atoms with Crippen LogP contribution in [0.15, 0.2) is 36.5 Å². The lowest BCUT2D eigenvalue weighted by Gasteiger charge is -2.36. The van der Waals surface area contributed by atoms with Gasteiger partial charge in [0.25, 0.3) is 5.69 Å². The highest BCUT2D eigenvalue weighted by Gasteiger charge is 2.37. The van der Waals surface area contributed by atoms with Gasteiger partial charge in [-0.05, 0) is 30.3 Å². The van der Waals surface area contributed by atoms with E-state index in [2.05, 4.69) is 38.8 Å². The van der Waals surface area contributed by atoms with Crippen molar-refractivity contribution in [3.05, 3.63) is 58.3 Å². The number of methoxy groups -OCH3 is 1. The SMILES string of the molecule is COc1cc2c(Oc3c(F)cc([N+](=O)[O-])cc3F)ccnc2cc1OCCO[Si](C)(C)C(C)(C)C. The summed E-state index contributed by atoms with van der Waals surface area (Å²) in [6.07, 6.45) is 1.41. The number of aromatic nitrogens is 1. The average Bonchev–Trinajstić information content (AvgIpc) is 2.77. The average molecular weight is 507 g/mol. The number of fused-ring (bicyclic) bond motifs is 1. The maximum Gasteiger partial charge on any atom is 0.275 e. The first-order valence-electron chi connectivity index (χ1n) is 10.9. The van der Waals surface area contributed by atoms with Crippen LogP contribution in [-0.2, 0) is 4.43 Å². The molecule has 0 aliphatic carbocycles. The molecule has 0 spiro atoms. The van der Waals surface area contributed by atoms with E-state index in [9.17, 15) is 18.9 Å². The molecule has 0 aliphatic heterocycles.